The second-order valence-corrected chi connectivity index (χ2v) is 6.24. The third kappa shape index (κ3) is 3.40. The molecule has 3 rings (SSSR count). The summed E-state index contributed by atoms with van der Waals surface area (Å²) in [6, 6.07) is 14.7. The summed E-state index contributed by atoms with van der Waals surface area (Å²) >= 11 is 0. The highest BCUT2D eigenvalue weighted by molar-refractivity contribution is 6.01. The van der Waals surface area contributed by atoms with Crippen LogP contribution in [0.4, 0.5) is 0 Å². The van der Waals surface area contributed by atoms with Crippen LogP contribution in [0.5, 0.6) is 0 Å². The normalized spacial score (nSPS) is 10.9. The first kappa shape index (κ1) is 16.8. The Morgan fingerprint density at radius 2 is 1.56 bits per heavy atom. The summed E-state index contributed by atoms with van der Waals surface area (Å²) in [5.74, 6) is -0.275. The summed E-state index contributed by atoms with van der Waals surface area (Å²) in [5, 5.41) is 0.878. The van der Waals surface area contributed by atoms with E-state index in [2.05, 4.69) is 24.7 Å². The molecule has 0 atom stereocenters. The summed E-state index contributed by atoms with van der Waals surface area (Å²) in [6.07, 6.45) is 0. The van der Waals surface area contributed by atoms with Gasteiger partial charge in [0.25, 0.3) is 5.91 Å². The van der Waals surface area contributed by atoms with Gasteiger partial charge in [0.05, 0.1) is 0 Å². The second-order valence-electron chi connectivity index (χ2n) is 6.24. The molecule has 0 unspecified atom stereocenters. The van der Waals surface area contributed by atoms with Crippen LogP contribution in [-0.2, 0) is 0 Å². The number of hydrazine groups is 1. The van der Waals surface area contributed by atoms with E-state index in [9.17, 15) is 9.59 Å². The minimum absolute atomic E-state index is 0.191. The van der Waals surface area contributed by atoms with Crippen molar-refractivity contribution in [2.24, 2.45) is 0 Å². The first-order valence-electron chi connectivity index (χ1n) is 8.16. The highest BCUT2D eigenvalue weighted by Gasteiger charge is 2.18. The minimum atomic E-state index is -0.485. The van der Waals surface area contributed by atoms with Gasteiger partial charge in [-0.15, -0.1) is 0 Å². The summed E-state index contributed by atoms with van der Waals surface area (Å²) in [7, 11) is 0. The fraction of sp³-hybridized carbons (Fsp3) is 0.200. The van der Waals surface area contributed by atoms with Gasteiger partial charge in [-0.05, 0) is 36.6 Å². The Hall–Kier alpha value is -3.08. The van der Waals surface area contributed by atoms with E-state index in [4.69, 9.17) is 4.42 Å². The van der Waals surface area contributed by atoms with Crippen molar-refractivity contribution in [2.45, 2.75) is 26.7 Å². The molecule has 0 aliphatic carbocycles. The quantitative estimate of drug-likeness (QED) is 0.712. The maximum Gasteiger partial charge on any atom is 0.305 e. The van der Waals surface area contributed by atoms with Crippen molar-refractivity contribution in [2.75, 3.05) is 0 Å². The number of furan rings is 1. The maximum atomic E-state index is 12.3. The molecule has 0 aliphatic rings. The van der Waals surface area contributed by atoms with Crippen LogP contribution in [0.1, 0.15) is 51.8 Å². The number of fused-ring (bicyclic) bond motifs is 1. The standard InChI is InChI=1S/C20H20N2O3/c1-12(2)14-8-10-15(11-9-14)19(23)21-22-20(24)18-13(3)16-6-4-5-7-17(16)25-18/h4-12H,1-3H3,(H,21,23)(H,22,24). The SMILES string of the molecule is Cc1c(C(=O)NNC(=O)c2ccc(C(C)C)cc2)oc2ccccc12. The fourth-order valence-corrected chi connectivity index (χ4v) is 2.65. The first-order valence-corrected chi connectivity index (χ1v) is 8.16. The summed E-state index contributed by atoms with van der Waals surface area (Å²) < 4.78 is 5.58. The zero-order chi connectivity index (χ0) is 18.0. The topological polar surface area (TPSA) is 71.3 Å². The smallest absolute Gasteiger partial charge is 0.305 e. The number of hydrogen-bond donors (Lipinski definition) is 2. The number of para-hydroxylation sites is 1. The lowest BCUT2D eigenvalue weighted by Gasteiger charge is -2.08. The van der Waals surface area contributed by atoms with Gasteiger partial charge in [-0.1, -0.05) is 44.2 Å². The molecule has 0 saturated heterocycles. The molecule has 0 spiro atoms. The van der Waals surface area contributed by atoms with Crippen molar-refractivity contribution in [3.05, 3.63) is 71.0 Å². The van der Waals surface area contributed by atoms with Crippen molar-refractivity contribution in [3.8, 4) is 0 Å². The molecule has 0 bridgehead atoms. The van der Waals surface area contributed by atoms with Crippen LogP contribution in [0.25, 0.3) is 11.0 Å². The number of aryl methyl sites for hydroxylation is 1. The number of benzene rings is 2. The summed E-state index contributed by atoms with van der Waals surface area (Å²) in [5.41, 5.74) is 7.83. The van der Waals surface area contributed by atoms with Gasteiger partial charge < -0.3 is 4.42 Å². The molecule has 0 radical (unpaired) electrons. The molecule has 1 heterocycles. The highest BCUT2D eigenvalue weighted by atomic mass is 16.3. The van der Waals surface area contributed by atoms with E-state index in [1.807, 2.05) is 37.3 Å². The molecule has 25 heavy (non-hydrogen) atoms. The van der Waals surface area contributed by atoms with Crippen LogP contribution in [-0.4, -0.2) is 11.8 Å². The van der Waals surface area contributed by atoms with Crippen molar-refractivity contribution in [1.29, 1.82) is 0 Å². The van der Waals surface area contributed by atoms with Crippen molar-refractivity contribution < 1.29 is 14.0 Å². The van der Waals surface area contributed by atoms with Gasteiger partial charge in [-0.2, -0.15) is 0 Å². The molecule has 0 fully saturated rings. The number of rotatable bonds is 3. The zero-order valence-corrected chi connectivity index (χ0v) is 14.4. The van der Waals surface area contributed by atoms with Gasteiger partial charge in [0, 0.05) is 16.5 Å². The molecule has 2 amide bonds. The number of nitrogens with one attached hydrogen (secondary N) is 2. The molecule has 1 aromatic heterocycles. The van der Waals surface area contributed by atoms with E-state index in [1.165, 1.54) is 0 Å². The van der Waals surface area contributed by atoms with E-state index < -0.39 is 5.91 Å². The molecule has 3 aromatic rings. The van der Waals surface area contributed by atoms with Gasteiger partial charge >= 0.3 is 5.91 Å². The molecule has 0 saturated carbocycles. The van der Waals surface area contributed by atoms with Crippen molar-refractivity contribution >= 4 is 22.8 Å². The van der Waals surface area contributed by atoms with E-state index in [0.717, 1.165) is 16.5 Å². The third-order valence-corrected chi connectivity index (χ3v) is 4.18. The lowest BCUT2D eigenvalue weighted by Crippen LogP contribution is -2.41. The minimum Gasteiger partial charge on any atom is -0.451 e. The average Bonchev–Trinajstić information content (AvgIpc) is 2.96. The van der Waals surface area contributed by atoms with Crippen molar-refractivity contribution in [1.82, 2.24) is 10.9 Å². The fourth-order valence-electron chi connectivity index (χ4n) is 2.65. The van der Waals surface area contributed by atoms with Gasteiger partial charge in [-0.25, -0.2) is 0 Å². The Bertz CT molecular complexity index is 924. The molecule has 2 N–H and O–H groups in total. The lowest BCUT2D eigenvalue weighted by molar-refractivity contribution is 0.0831. The van der Waals surface area contributed by atoms with E-state index >= 15 is 0 Å². The average molecular weight is 336 g/mol. The molecule has 128 valence electrons. The monoisotopic (exact) mass is 336 g/mol. The van der Waals surface area contributed by atoms with Gasteiger partial charge in [0.15, 0.2) is 5.76 Å². The molecular weight excluding hydrogens is 316 g/mol. The van der Waals surface area contributed by atoms with E-state index in [1.54, 1.807) is 18.2 Å². The summed E-state index contributed by atoms with van der Waals surface area (Å²) in [4.78, 5) is 24.5. The Morgan fingerprint density at radius 3 is 2.20 bits per heavy atom. The Kier molecular flexibility index (Phi) is 4.57. The zero-order valence-electron chi connectivity index (χ0n) is 14.4. The van der Waals surface area contributed by atoms with Crippen LogP contribution in [0.15, 0.2) is 52.9 Å². The predicted molar refractivity (Wildman–Crippen MR) is 96.4 cm³/mol. The van der Waals surface area contributed by atoms with Crippen LogP contribution < -0.4 is 10.9 Å². The number of carbonyl (C=O) groups is 2. The molecule has 2 aromatic carbocycles. The van der Waals surface area contributed by atoms with Crippen LogP contribution in [0.3, 0.4) is 0 Å². The molecule has 5 heteroatoms. The third-order valence-electron chi connectivity index (χ3n) is 4.18. The molecule has 0 aliphatic heterocycles. The summed E-state index contributed by atoms with van der Waals surface area (Å²) in [6.45, 7) is 5.99. The van der Waals surface area contributed by atoms with E-state index in [0.29, 0.717) is 17.1 Å². The van der Waals surface area contributed by atoms with Gasteiger partial charge in [-0.3, -0.25) is 20.4 Å². The van der Waals surface area contributed by atoms with Crippen molar-refractivity contribution in [3.63, 3.8) is 0 Å². The van der Waals surface area contributed by atoms with E-state index in [-0.39, 0.29) is 11.7 Å². The Morgan fingerprint density at radius 1 is 0.920 bits per heavy atom. The largest absolute Gasteiger partial charge is 0.451 e. The Labute approximate surface area is 146 Å². The van der Waals surface area contributed by atoms with Crippen LogP contribution in [0.2, 0.25) is 0 Å². The number of carbonyl (C=O) groups excluding carboxylic acids is 2. The second kappa shape index (κ2) is 6.81. The highest BCUT2D eigenvalue weighted by Crippen LogP contribution is 2.24. The van der Waals surface area contributed by atoms with Crippen LogP contribution in [0, 0.1) is 6.92 Å². The van der Waals surface area contributed by atoms with Gasteiger partial charge in [0.2, 0.25) is 0 Å². The number of hydrogen-bond acceptors (Lipinski definition) is 3. The predicted octanol–water partition coefficient (Wildman–Crippen LogP) is 3.94. The van der Waals surface area contributed by atoms with Gasteiger partial charge in [0.1, 0.15) is 5.58 Å². The van der Waals surface area contributed by atoms with Crippen LogP contribution >= 0.6 is 0 Å². The molecular formula is C20H20N2O3. The maximum absolute atomic E-state index is 12.3. The Balaban J connectivity index is 1.68. The lowest BCUT2D eigenvalue weighted by atomic mass is 10.0. The molecule has 5 nitrogen and oxygen atoms in total. The first-order chi connectivity index (χ1) is 12.0. The number of amides is 2.